The van der Waals surface area contributed by atoms with E-state index in [0.29, 0.717) is 41.0 Å². The van der Waals surface area contributed by atoms with Crippen LogP contribution in [0.5, 0.6) is 11.5 Å². The van der Waals surface area contributed by atoms with Crippen LogP contribution in [-0.4, -0.2) is 71.6 Å². The third kappa shape index (κ3) is 9.92. The number of alkyl carbamates (subject to hydrolysis) is 1. The minimum atomic E-state index is -1.10. The predicted molar refractivity (Wildman–Crippen MR) is 199 cm³/mol. The molecule has 3 aromatic carbocycles. The third-order valence-corrected chi connectivity index (χ3v) is 10.5. The van der Waals surface area contributed by atoms with Crippen molar-refractivity contribution < 1.29 is 33.3 Å². The Balaban J connectivity index is 0.900. The monoisotopic (exact) mass is 732 g/mol. The number of phenols is 1. The van der Waals surface area contributed by atoms with Crippen molar-refractivity contribution in [2.75, 3.05) is 39.3 Å². The lowest BCUT2D eigenvalue weighted by atomic mass is 9.86. The fourth-order valence-corrected chi connectivity index (χ4v) is 7.54. The molecule has 10 nitrogen and oxygen atoms in total. The van der Waals surface area contributed by atoms with Crippen molar-refractivity contribution in [1.29, 1.82) is 0 Å². The number of nitrogens with one attached hydrogen (secondary N) is 3. The fraction of sp³-hybridized carbons (Fsp3) is 0.463. The van der Waals surface area contributed by atoms with Gasteiger partial charge in [0.2, 0.25) is 5.56 Å². The Kier molecular flexibility index (Phi) is 13.3. The number of nitrogens with zero attached hydrogens (tertiary/aromatic N) is 1. The molecule has 3 fully saturated rings. The fourth-order valence-electron chi connectivity index (χ4n) is 7.54. The van der Waals surface area contributed by atoms with Crippen LogP contribution in [0.3, 0.4) is 0 Å². The van der Waals surface area contributed by atoms with Crippen LogP contribution >= 0.6 is 0 Å². The quantitative estimate of drug-likeness (QED) is 0.0701. The largest absolute Gasteiger partial charge is 0.506 e. The summed E-state index contributed by atoms with van der Waals surface area (Å²) in [6.07, 6.45) is 6.97. The molecule has 2 bridgehead atoms. The number of piperidine rings is 3. The highest BCUT2D eigenvalue weighted by atomic mass is 19.1. The first-order valence-electron chi connectivity index (χ1n) is 18.9. The molecule has 0 saturated carbocycles. The van der Waals surface area contributed by atoms with Gasteiger partial charge in [0.25, 0.3) is 0 Å². The van der Waals surface area contributed by atoms with Gasteiger partial charge in [-0.05, 0) is 86.6 Å². The predicted octanol–water partition coefficient (Wildman–Crippen LogP) is 6.85. The van der Waals surface area contributed by atoms with Crippen molar-refractivity contribution in [3.63, 3.8) is 0 Å². The number of aromatic nitrogens is 1. The molecule has 3 atom stereocenters. The van der Waals surface area contributed by atoms with Gasteiger partial charge in [-0.3, -0.25) is 9.69 Å². The lowest BCUT2D eigenvalue weighted by Gasteiger charge is -2.43. The second-order valence-electron chi connectivity index (χ2n) is 14.2. The highest BCUT2D eigenvalue weighted by Gasteiger charge is 2.37. The Hall–Kier alpha value is -4.52. The topological polar surface area (TPSA) is 136 Å². The smallest absolute Gasteiger partial charge is 0.408 e. The molecule has 0 spiro atoms. The number of aliphatic hydroxyl groups excluding tert-OH is 1. The Bertz CT molecular complexity index is 1870. The van der Waals surface area contributed by atoms with Gasteiger partial charge < -0.3 is 35.3 Å². The Labute approximate surface area is 308 Å². The van der Waals surface area contributed by atoms with E-state index in [1.807, 2.05) is 0 Å². The van der Waals surface area contributed by atoms with Crippen molar-refractivity contribution in [3.05, 3.63) is 105 Å². The van der Waals surface area contributed by atoms with E-state index < -0.39 is 29.9 Å². The first-order valence-corrected chi connectivity index (χ1v) is 18.9. The minimum Gasteiger partial charge on any atom is -0.506 e. The van der Waals surface area contributed by atoms with Gasteiger partial charge in [-0.2, -0.15) is 0 Å². The summed E-state index contributed by atoms with van der Waals surface area (Å²) in [5, 5.41) is 27.4. The molecule has 3 aliphatic rings. The number of rotatable bonds is 18. The number of halogens is 2. The van der Waals surface area contributed by atoms with Crippen molar-refractivity contribution in [2.24, 2.45) is 5.92 Å². The number of phenolic OH excluding ortho intramolecular Hbond substituents is 1. The average molecular weight is 733 g/mol. The van der Waals surface area contributed by atoms with Crippen LogP contribution in [0, 0.1) is 17.6 Å². The molecule has 0 radical (unpaired) electrons. The number of amides is 1. The number of carbonyl (C=O) groups excluding carboxylic acids is 1. The van der Waals surface area contributed by atoms with Crippen LogP contribution in [0.15, 0.2) is 71.5 Å². The lowest BCUT2D eigenvalue weighted by molar-refractivity contribution is -0.0336. The van der Waals surface area contributed by atoms with Crippen LogP contribution in [-0.2, 0) is 4.74 Å². The minimum absolute atomic E-state index is 0.0361. The summed E-state index contributed by atoms with van der Waals surface area (Å²) in [5.41, 5.74) is 0.886. The molecular formula is C41H50F2N4O6. The summed E-state index contributed by atoms with van der Waals surface area (Å²) in [5.74, 6) is -1.40. The van der Waals surface area contributed by atoms with Crippen LogP contribution in [0.4, 0.5) is 13.6 Å². The molecule has 12 heteroatoms. The zero-order valence-electron chi connectivity index (χ0n) is 30.0. The van der Waals surface area contributed by atoms with Crippen LogP contribution < -0.4 is 20.9 Å². The number of aromatic amines is 1. The molecule has 7 rings (SSSR count). The van der Waals surface area contributed by atoms with Gasteiger partial charge in [-0.25, -0.2) is 13.6 Å². The number of hydrogen-bond acceptors (Lipinski definition) is 8. The number of pyridine rings is 1. The zero-order valence-corrected chi connectivity index (χ0v) is 30.0. The van der Waals surface area contributed by atoms with Gasteiger partial charge >= 0.3 is 6.09 Å². The van der Waals surface area contributed by atoms with Gasteiger partial charge in [0.1, 0.15) is 17.7 Å². The second kappa shape index (κ2) is 18.5. The summed E-state index contributed by atoms with van der Waals surface area (Å²) in [7, 11) is 0. The van der Waals surface area contributed by atoms with E-state index in [0.717, 1.165) is 77.4 Å². The standard InChI is InChI=1S/C41H50F2N4O6/c42-31-15-17-34(38(43)37(31)39(28-11-7-6-8-12-28)46-41(51)53-35-26-47-22-19-27(35)20-23-47)52-24-10-5-3-1-2-4-9-21-44-25-33(49)29-13-16-32(48)40-30(29)14-18-36(50)45-40/h6-8,11-18,27,33,35,39,44,48-49H,1-5,9-10,19-26H2,(H,45,50)(H,46,51)/t33-,35-,39?/m0/s1. The average Bonchev–Trinajstić information content (AvgIpc) is 3.16. The molecule has 4 aromatic rings. The summed E-state index contributed by atoms with van der Waals surface area (Å²) >= 11 is 0. The van der Waals surface area contributed by atoms with Crippen molar-refractivity contribution in [1.82, 2.24) is 20.5 Å². The number of aromatic hydroxyl groups is 1. The van der Waals surface area contributed by atoms with Gasteiger partial charge in [0.05, 0.1) is 29.8 Å². The highest BCUT2D eigenvalue weighted by molar-refractivity contribution is 5.87. The molecule has 1 unspecified atom stereocenters. The number of ether oxygens (including phenoxy) is 2. The number of fused-ring (bicyclic) bond motifs is 4. The molecule has 4 heterocycles. The van der Waals surface area contributed by atoms with Crippen LogP contribution in [0.2, 0.25) is 0 Å². The molecule has 53 heavy (non-hydrogen) atoms. The summed E-state index contributed by atoms with van der Waals surface area (Å²) in [4.78, 5) is 29.6. The molecule has 0 aliphatic carbocycles. The van der Waals surface area contributed by atoms with Crippen LogP contribution in [0.25, 0.3) is 10.9 Å². The lowest BCUT2D eigenvalue weighted by Crippen LogP contribution is -2.52. The molecule has 1 amide bonds. The van der Waals surface area contributed by atoms with Crippen molar-refractivity contribution in [2.45, 2.75) is 76.0 Å². The summed E-state index contributed by atoms with van der Waals surface area (Å²) in [6, 6.07) is 16.3. The molecule has 1 aromatic heterocycles. The van der Waals surface area contributed by atoms with Gasteiger partial charge in [-0.1, -0.05) is 68.5 Å². The number of H-pyrrole nitrogens is 1. The van der Waals surface area contributed by atoms with E-state index >= 15 is 8.78 Å². The number of benzene rings is 3. The highest BCUT2D eigenvalue weighted by Crippen LogP contribution is 2.34. The van der Waals surface area contributed by atoms with E-state index in [1.54, 1.807) is 42.5 Å². The second-order valence-corrected chi connectivity index (χ2v) is 14.2. The Morgan fingerprint density at radius 1 is 0.925 bits per heavy atom. The Morgan fingerprint density at radius 2 is 1.66 bits per heavy atom. The van der Waals surface area contributed by atoms with E-state index in [-0.39, 0.29) is 35.3 Å². The van der Waals surface area contributed by atoms with E-state index in [4.69, 9.17) is 9.47 Å². The van der Waals surface area contributed by atoms with Gasteiger partial charge in [-0.15, -0.1) is 0 Å². The normalized spacial score (nSPS) is 19.2. The SMILES string of the molecule is O=C(NC(c1ccccc1)c1c(F)ccc(OCCCCCCCCCNC[C@H](O)c2ccc(O)c3[nH]c(=O)ccc23)c1F)O[C@H]1CN2CCC1CC2. The summed E-state index contributed by atoms with van der Waals surface area (Å²) in [6.45, 7) is 4.08. The zero-order chi connectivity index (χ0) is 37.2. The summed E-state index contributed by atoms with van der Waals surface area (Å²) < 4.78 is 42.8. The number of carbonyl (C=O) groups is 1. The molecule has 3 aliphatic heterocycles. The number of hydrogen-bond donors (Lipinski definition) is 5. The van der Waals surface area contributed by atoms with Crippen molar-refractivity contribution >= 4 is 17.0 Å². The van der Waals surface area contributed by atoms with Crippen molar-refractivity contribution in [3.8, 4) is 11.5 Å². The maximum Gasteiger partial charge on any atom is 0.408 e. The molecule has 284 valence electrons. The van der Waals surface area contributed by atoms with E-state index in [9.17, 15) is 19.8 Å². The molecular weight excluding hydrogens is 682 g/mol. The number of aliphatic hydroxyl groups is 1. The molecule has 3 saturated heterocycles. The first kappa shape index (κ1) is 38.2. The van der Waals surface area contributed by atoms with Gasteiger partial charge in [0, 0.05) is 24.5 Å². The van der Waals surface area contributed by atoms with E-state index in [2.05, 4.69) is 20.5 Å². The maximum absolute atomic E-state index is 15.9. The van der Waals surface area contributed by atoms with Gasteiger partial charge in [0.15, 0.2) is 11.6 Å². The first-order chi connectivity index (χ1) is 25.8. The molecule has 5 N–H and O–H groups in total. The third-order valence-electron chi connectivity index (χ3n) is 10.5. The maximum atomic E-state index is 15.9. The van der Waals surface area contributed by atoms with E-state index in [1.165, 1.54) is 24.3 Å². The number of unbranched alkanes of at least 4 members (excludes halogenated alkanes) is 6. The Morgan fingerprint density at radius 3 is 2.40 bits per heavy atom. The van der Waals surface area contributed by atoms with Crippen LogP contribution in [0.1, 0.15) is 86.6 Å².